The fourth-order valence-electron chi connectivity index (χ4n) is 1.94. The molecule has 0 amide bonds. The van der Waals surface area contributed by atoms with Crippen LogP contribution in [0.25, 0.3) is 0 Å². The molecule has 112 valence electrons. The highest BCUT2D eigenvalue weighted by atomic mass is 19.3. The first-order chi connectivity index (χ1) is 10.1. The Morgan fingerprint density at radius 3 is 2.38 bits per heavy atom. The van der Waals surface area contributed by atoms with E-state index in [-0.39, 0.29) is 17.9 Å². The van der Waals surface area contributed by atoms with Gasteiger partial charge >= 0.3 is 5.92 Å². The van der Waals surface area contributed by atoms with Crippen LogP contribution < -0.4 is 9.47 Å². The molecule has 3 nitrogen and oxygen atoms in total. The smallest absolute Gasteiger partial charge is 0.306 e. The molecule has 0 aliphatic rings. The van der Waals surface area contributed by atoms with Gasteiger partial charge in [-0.25, -0.2) is 0 Å². The van der Waals surface area contributed by atoms with Crippen molar-refractivity contribution in [1.82, 2.24) is 0 Å². The number of benzene rings is 2. The zero-order valence-corrected chi connectivity index (χ0v) is 11.6. The van der Waals surface area contributed by atoms with Gasteiger partial charge in [0, 0.05) is 11.1 Å². The molecule has 0 atom stereocenters. The van der Waals surface area contributed by atoms with E-state index in [4.69, 9.17) is 9.47 Å². The van der Waals surface area contributed by atoms with Gasteiger partial charge in [-0.2, -0.15) is 8.78 Å². The summed E-state index contributed by atoms with van der Waals surface area (Å²) in [6.07, 6.45) is 0. The maximum atomic E-state index is 14.1. The average molecular weight is 294 g/mol. The lowest BCUT2D eigenvalue weighted by atomic mass is 10.1. The number of aliphatic hydroxyl groups excluding tert-OH is 1. The zero-order valence-electron chi connectivity index (χ0n) is 11.6. The molecule has 2 rings (SSSR count). The summed E-state index contributed by atoms with van der Waals surface area (Å²) in [5, 5.41) is 9.26. The molecule has 0 saturated carbocycles. The SMILES string of the molecule is COc1cccc(CO)c1OCC(F)(F)c1ccccc1. The van der Waals surface area contributed by atoms with Crippen LogP contribution in [0.5, 0.6) is 11.5 Å². The molecule has 2 aromatic carbocycles. The van der Waals surface area contributed by atoms with Crippen LogP contribution in [0.3, 0.4) is 0 Å². The number of hydrogen-bond acceptors (Lipinski definition) is 3. The van der Waals surface area contributed by atoms with Gasteiger partial charge in [-0.1, -0.05) is 42.5 Å². The molecule has 0 fully saturated rings. The van der Waals surface area contributed by atoms with Gasteiger partial charge in [0.25, 0.3) is 0 Å². The Hall–Kier alpha value is -2.14. The van der Waals surface area contributed by atoms with Crippen LogP contribution in [0.15, 0.2) is 48.5 Å². The summed E-state index contributed by atoms with van der Waals surface area (Å²) in [6.45, 7) is -1.15. The van der Waals surface area contributed by atoms with Crippen molar-refractivity contribution >= 4 is 0 Å². The summed E-state index contributed by atoms with van der Waals surface area (Å²) in [6, 6.07) is 12.3. The van der Waals surface area contributed by atoms with Gasteiger partial charge in [0.2, 0.25) is 0 Å². The van der Waals surface area contributed by atoms with Crippen LogP contribution in [0.1, 0.15) is 11.1 Å². The van der Waals surface area contributed by atoms with E-state index in [9.17, 15) is 13.9 Å². The lowest BCUT2D eigenvalue weighted by Gasteiger charge is -2.20. The lowest BCUT2D eigenvalue weighted by molar-refractivity contribution is -0.0476. The van der Waals surface area contributed by atoms with E-state index in [2.05, 4.69) is 0 Å². The van der Waals surface area contributed by atoms with Crippen LogP contribution in [-0.4, -0.2) is 18.8 Å². The Morgan fingerprint density at radius 1 is 1.05 bits per heavy atom. The first-order valence-corrected chi connectivity index (χ1v) is 6.41. The van der Waals surface area contributed by atoms with Crippen LogP contribution in [0.4, 0.5) is 8.78 Å². The monoisotopic (exact) mass is 294 g/mol. The molecule has 21 heavy (non-hydrogen) atoms. The Bertz CT molecular complexity index is 563. The Morgan fingerprint density at radius 2 is 1.76 bits per heavy atom. The minimum Gasteiger partial charge on any atom is -0.493 e. The quantitative estimate of drug-likeness (QED) is 0.888. The van der Waals surface area contributed by atoms with Gasteiger partial charge in [-0.15, -0.1) is 0 Å². The summed E-state index contributed by atoms with van der Waals surface area (Å²) in [5.41, 5.74) is 0.281. The van der Waals surface area contributed by atoms with Crippen molar-refractivity contribution in [2.24, 2.45) is 0 Å². The van der Waals surface area contributed by atoms with Crippen molar-refractivity contribution < 1.29 is 23.4 Å². The largest absolute Gasteiger partial charge is 0.493 e. The number of halogens is 2. The van der Waals surface area contributed by atoms with Gasteiger partial charge in [0.15, 0.2) is 18.1 Å². The topological polar surface area (TPSA) is 38.7 Å². The van der Waals surface area contributed by atoms with E-state index in [1.807, 2.05) is 0 Å². The standard InChI is InChI=1S/C16H16F2O3/c1-20-14-9-5-6-12(10-19)15(14)21-11-16(17,18)13-7-3-2-4-8-13/h2-9,19H,10-11H2,1H3. The van der Waals surface area contributed by atoms with Crippen LogP contribution >= 0.6 is 0 Å². The third-order valence-electron chi connectivity index (χ3n) is 3.04. The molecule has 0 radical (unpaired) electrons. The molecule has 0 spiro atoms. The molecule has 2 aromatic rings. The molecule has 0 heterocycles. The highest BCUT2D eigenvalue weighted by Crippen LogP contribution is 2.34. The lowest BCUT2D eigenvalue weighted by Crippen LogP contribution is -2.23. The highest BCUT2D eigenvalue weighted by molar-refractivity contribution is 5.46. The van der Waals surface area contributed by atoms with Crippen molar-refractivity contribution in [2.45, 2.75) is 12.5 Å². The fourth-order valence-corrected chi connectivity index (χ4v) is 1.94. The van der Waals surface area contributed by atoms with Crippen molar-refractivity contribution in [1.29, 1.82) is 0 Å². The summed E-state index contributed by atoms with van der Waals surface area (Å²) in [4.78, 5) is 0. The normalized spacial score (nSPS) is 11.2. The first-order valence-electron chi connectivity index (χ1n) is 6.41. The van der Waals surface area contributed by atoms with E-state index in [1.54, 1.807) is 36.4 Å². The second-order valence-corrected chi connectivity index (χ2v) is 4.47. The predicted molar refractivity (Wildman–Crippen MR) is 74.7 cm³/mol. The maximum absolute atomic E-state index is 14.1. The number of hydrogen-bond donors (Lipinski definition) is 1. The number of para-hydroxylation sites is 1. The molecular formula is C16H16F2O3. The van der Waals surface area contributed by atoms with E-state index >= 15 is 0 Å². The van der Waals surface area contributed by atoms with Crippen molar-refractivity contribution in [3.05, 3.63) is 59.7 Å². The molecule has 0 aliphatic carbocycles. The Kier molecular flexibility index (Phi) is 4.75. The highest BCUT2D eigenvalue weighted by Gasteiger charge is 2.33. The second-order valence-electron chi connectivity index (χ2n) is 4.47. The van der Waals surface area contributed by atoms with Gasteiger partial charge < -0.3 is 14.6 Å². The van der Waals surface area contributed by atoms with Crippen LogP contribution in [-0.2, 0) is 12.5 Å². The molecule has 0 unspecified atom stereocenters. The van der Waals surface area contributed by atoms with E-state index < -0.39 is 12.5 Å². The predicted octanol–water partition coefficient (Wildman–Crippen LogP) is 3.36. The summed E-state index contributed by atoms with van der Waals surface area (Å²) in [7, 11) is 1.42. The minimum absolute atomic E-state index is 0.120. The second kappa shape index (κ2) is 6.54. The van der Waals surface area contributed by atoms with Gasteiger partial charge in [0.05, 0.1) is 13.7 Å². The third-order valence-corrected chi connectivity index (χ3v) is 3.04. The van der Waals surface area contributed by atoms with Gasteiger partial charge in [-0.3, -0.25) is 0 Å². The number of methoxy groups -OCH3 is 1. The third kappa shape index (κ3) is 3.49. The average Bonchev–Trinajstić information content (AvgIpc) is 2.53. The molecule has 0 saturated heterocycles. The van der Waals surface area contributed by atoms with Crippen molar-refractivity contribution in [3.63, 3.8) is 0 Å². The first kappa shape index (κ1) is 15.3. The fraction of sp³-hybridized carbons (Fsp3) is 0.250. The molecular weight excluding hydrogens is 278 g/mol. The van der Waals surface area contributed by atoms with Crippen LogP contribution in [0, 0.1) is 0 Å². The summed E-state index contributed by atoms with van der Waals surface area (Å²) in [5.74, 6) is -2.68. The zero-order chi connectivity index (χ0) is 15.3. The number of alkyl halides is 2. The van der Waals surface area contributed by atoms with E-state index in [1.165, 1.54) is 19.2 Å². The number of rotatable bonds is 6. The van der Waals surface area contributed by atoms with Crippen LogP contribution in [0.2, 0.25) is 0 Å². The van der Waals surface area contributed by atoms with E-state index in [0.29, 0.717) is 11.3 Å². The van der Waals surface area contributed by atoms with Gasteiger partial charge in [0.1, 0.15) is 0 Å². The van der Waals surface area contributed by atoms with E-state index in [0.717, 1.165) is 0 Å². The van der Waals surface area contributed by atoms with Crippen molar-refractivity contribution in [2.75, 3.05) is 13.7 Å². The van der Waals surface area contributed by atoms with Crippen molar-refractivity contribution in [3.8, 4) is 11.5 Å². The van der Waals surface area contributed by atoms with Gasteiger partial charge in [-0.05, 0) is 6.07 Å². The maximum Gasteiger partial charge on any atom is 0.306 e. The molecule has 1 N–H and O–H groups in total. The Balaban J connectivity index is 2.20. The minimum atomic E-state index is -3.13. The summed E-state index contributed by atoms with van der Waals surface area (Å²) < 4.78 is 38.5. The molecule has 0 aromatic heterocycles. The summed E-state index contributed by atoms with van der Waals surface area (Å²) >= 11 is 0. The molecule has 5 heteroatoms. The number of aliphatic hydroxyl groups is 1. The Labute approximate surface area is 121 Å². The molecule has 0 aliphatic heterocycles. The number of ether oxygens (including phenoxy) is 2. The molecule has 0 bridgehead atoms.